The van der Waals surface area contributed by atoms with Crippen molar-refractivity contribution in [3.8, 4) is 5.75 Å². The van der Waals surface area contributed by atoms with Crippen LogP contribution in [0.3, 0.4) is 0 Å². The molecule has 1 aliphatic heterocycles. The van der Waals surface area contributed by atoms with E-state index < -0.39 is 5.41 Å². The Balaban J connectivity index is 1.88. The molecular weight excluding hydrogens is 338 g/mol. The first-order chi connectivity index (χ1) is 12.9. The van der Waals surface area contributed by atoms with Crippen LogP contribution in [0.5, 0.6) is 5.75 Å². The molecule has 0 bridgehead atoms. The number of amides is 1. The van der Waals surface area contributed by atoms with E-state index in [2.05, 4.69) is 5.32 Å². The van der Waals surface area contributed by atoms with E-state index in [1.807, 2.05) is 70.2 Å². The van der Waals surface area contributed by atoms with E-state index >= 15 is 0 Å². The second-order valence-electron chi connectivity index (χ2n) is 7.62. The number of nitrogens with one attached hydrogen (secondary N) is 1. The van der Waals surface area contributed by atoms with Crippen molar-refractivity contribution in [2.45, 2.75) is 52.1 Å². The first-order valence-electron chi connectivity index (χ1n) is 9.65. The van der Waals surface area contributed by atoms with E-state index in [1.54, 1.807) is 0 Å². The number of ether oxygens (including phenoxy) is 2. The second kappa shape index (κ2) is 8.13. The lowest BCUT2D eigenvalue weighted by Crippen LogP contribution is -2.44. The molecule has 1 N–H and O–H groups in total. The zero-order valence-electron chi connectivity index (χ0n) is 16.7. The zero-order valence-corrected chi connectivity index (χ0v) is 16.7. The van der Waals surface area contributed by atoms with E-state index in [0.717, 1.165) is 28.1 Å². The lowest BCUT2D eigenvalue weighted by Gasteiger charge is -2.36. The molecule has 27 heavy (non-hydrogen) atoms. The summed E-state index contributed by atoms with van der Waals surface area (Å²) in [5.74, 6) is 0.931. The van der Waals surface area contributed by atoms with Gasteiger partial charge in [-0.05, 0) is 69.4 Å². The molecule has 1 aliphatic rings. The van der Waals surface area contributed by atoms with Gasteiger partial charge in [0.25, 0.3) is 0 Å². The van der Waals surface area contributed by atoms with Gasteiger partial charge in [0.1, 0.15) is 5.75 Å². The highest BCUT2D eigenvalue weighted by molar-refractivity contribution is 5.99. The highest BCUT2D eigenvalue weighted by Crippen LogP contribution is 2.37. The number of rotatable bonds is 5. The van der Waals surface area contributed by atoms with Gasteiger partial charge in [-0.15, -0.1) is 0 Å². The molecule has 1 fully saturated rings. The van der Waals surface area contributed by atoms with Gasteiger partial charge in [0.2, 0.25) is 5.91 Å². The normalized spacial score (nSPS) is 16.2. The van der Waals surface area contributed by atoms with Crippen LogP contribution >= 0.6 is 0 Å². The molecule has 0 radical (unpaired) electrons. The third kappa shape index (κ3) is 4.16. The highest BCUT2D eigenvalue weighted by atomic mass is 16.5. The maximum atomic E-state index is 13.4. The second-order valence-corrected chi connectivity index (χ2v) is 7.62. The van der Waals surface area contributed by atoms with Gasteiger partial charge in [-0.3, -0.25) is 4.79 Å². The summed E-state index contributed by atoms with van der Waals surface area (Å²) in [5, 5.41) is 3.16. The van der Waals surface area contributed by atoms with Crippen LogP contribution in [0.4, 0.5) is 5.69 Å². The first kappa shape index (κ1) is 19.4. The monoisotopic (exact) mass is 367 g/mol. The maximum Gasteiger partial charge on any atom is 0.235 e. The summed E-state index contributed by atoms with van der Waals surface area (Å²) < 4.78 is 11.5. The molecule has 144 valence electrons. The van der Waals surface area contributed by atoms with Crippen molar-refractivity contribution in [2.75, 3.05) is 18.5 Å². The van der Waals surface area contributed by atoms with Gasteiger partial charge in [0, 0.05) is 18.9 Å². The fourth-order valence-electron chi connectivity index (χ4n) is 3.82. The minimum atomic E-state index is -0.547. The van der Waals surface area contributed by atoms with Gasteiger partial charge in [-0.25, -0.2) is 0 Å². The Morgan fingerprint density at radius 3 is 2.22 bits per heavy atom. The van der Waals surface area contributed by atoms with Gasteiger partial charge in [0.15, 0.2) is 0 Å². The molecular formula is C23H29NO3. The van der Waals surface area contributed by atoms with Gasteiger partial charge in [-0.2, -0.15) is 0 Å². The molecule has 1 heterocycles. The molecule has 0 spiro atoms. The Kier molecular flexibility index (Phi) is 5.85. The van der Waals surface area contributed by atoms with Crippen molar-refractivity contribution < 1.29 is 14.3 Å². The average Bonchev–Trinajstić information content (AvgIpc) is 2.66. The van der Waals surface area contributed by atoms with Crippen LogP contribution in [0.25, 0.3) is 0 Å². The van der Waals surface area contributed by atoms with Crippen molar-refractivity contribution in [1.29, 1.82) is 0 Å². The summed E-state index contributed by atoms with van der Waals surface area (Å²) >= 11 is 0. The topological polar surface area (TPSA) is 47.6 Å². The summed E-state index contributed by atoms with van der Waals surface area (Å²) in [6, 6.07) is 14.0. The molecule has 0 aliphatic carbocycles. The van der Waals surface area contributed by atoms with Crippen LogP contribution in [0.1, 0.15) is 43.4 Å². The summed E-state index contributed by atoms with van der Waals surface area (Å²) in [6.45, 7) is 9.26. The molecule has 2 aromatic rings. The molecule has 3 rings (SSSR count). The molecule has 0 unspecified atom stereocenters. The fourth-order valence-corrected chi connectivity index (χ4v) is 3.82. The van der Waals surface area contributed by atoms with Gasteiger partial charge >= 0.3 is 0 Å². The Hall–Kier alpha value is -2.33. The number of hydrogen-bond donors (Lipinski definition) is 1. The van der Waals surface area contributed by atoms with Crippen LogP contribution in [-0.2, 0) is 14.9 Å². The van der Waals surface area contributed by atoms with E-state index in [4.69, 9.17) is 9.47 Å². The molecule has 0 saturated carbocycles. The van der Waals surface area contributed by atoms with E-state index in [9.17, 15) is 4.79 Å². The van der Waals surface area contributed by atoms with Gasteiger partial charge < -0.3 is 14.8 Å². The number of aryl methyl sites for hydroxylation is 2. The summed E-state index contributed by atoms with van der Waals surface area (Å²) in [4.78, 5) is 13.4. The quantitative estimate of drug-likeness (QED) is 0.827. The molecule has 1 saturated heterocycles. The van der Waals surface area contributed by atoms with Crippen LogP contribution < -0.4 is 10.1 Å². The van der Waals surface area contributed by atoms with Crippen molar-refractivity contribution in [3.63, 3.8) is 0 Å². The summed E-state index contributed by atoms with van der Waals surface area (Å²) in [7, 11) is 0. The van der Waals surface area contributed by atoms with E-state index in [0.29, 0.717) is 26.1 Å². The first-order valence-corrected chi connectivity index (χ1v) is 9.65. The van der Waals surface area contributed by atoms with E-state index in [-0.39, 0.29) is 12.0 Å². The lowest BCUT2D eigenvalue weighted by molar-refractivity contribution is -0.125. The Morgan fingerprint density at radius 2 is 1.67 bits per heavy atom. The Bertz CT molecular complexity index is 770. The predicted octanol–water partition coefficient (Wildman–Crippen LogP) is 4.78. The minimum absolute atomic E-state index is 0.0355. The van der Waals surface area contributed by atoms with Gasteiger partial charge in [0.05, 0.1) is 11.5 Å². The lowest BCUT2D eigenvalue weighted by atomic mass is 9.73. The molecule has 4 nitrogen and oxygen atoms in total. The van der Waals surface area contributed by atoms with Crippen LogP contribution in [-0.4, -0.2) is 25.2 Å². The Labute approximate surface area is 161 Å². The van der Waals surface area contributed by atoms with Crippen LogP contribution in [0.15, 0.2) is 42.5 Å². The number of anilines is 1. The SMILES string of the molecule is Cc1cc(NC(=O)C2(c3ccccc3)CCOCC2)cc(C)c1OC(C)C. The van der Waals surface area contributed by atoms with Crippen molar-refractivity contribution in [1.82, 2.24) is 0 Å². The third-order valence-corrected chi connectivity index (χ3v) is 5.18. The third-order valence-electron chi connectivity index (χ3n) is 5.18. The largest absolute Gasteiger partial charge is 0.490 e. The molecule has 2 aromatic carbocycles. The summed E-state index contributed by atoms with van der Waals surface area (Å²) in [5.41, 5.74) is 3.38. The predicted molar refractivity (Wildman–Crippen MR) is 108 cm³/mol. The fraction of sp³-hybridized carbons (Fsp3) is 0.435. The number of carbonyl (C=O) groups excluding carboxylic acids is 1. The zero-order chi connectivity index (χ0) is 19.4. The van der Waals surface area contributed by atoms with Gasteiger partial charge in [-0.1, -0.05) is 30.3 Å². The highest BCUT2D eigenvalue weighted by Gasteiger charge is 2.41. The molecule has 0 atom stereocenters. The van der Waals surface area contributed by atoms with Crippen LogP contribution in [0, 0.1) is 13.8 Å². The average molecular weight is 367 g/mol. The smallest absolute Gasteiger partial charge is 0.235 e. The summed E-state index contributed by atoms with van der Waals surface area (Å²) in [6.07, 6.45) is 1.50. The molecule has 0 aromatic heterocycles. The van der Waals surface area contributed by atoms with E-state index in [1.165, 1.54) is 0 Å². The van der Waals surface area contributed by atoms with Crippen LogP contribution in [0.2, 0.25) is 0 Å². The number of hydrogen-bond acceptors (Lipinski definition) is 3. The maximum absolute atomic E-state index is 13.4. The van der Waals surface area contributed by atoms with Crippen molar-refractivity contribution in [2.24, 2.45) is 0 Å². The number of carbonyl (C=O) groups is 1. The minimum Gasteiger partial charge on any atom is -0.490 e. The standard InChI is InChI=1S/C23H29NO3/c1-16(2)27-21-17(3)14-20(15-18(21)4)24-22(25)23(10-12-26-13-11-23)19-8-6-5-7-9-19/h5-9,14-16H,10-13H2,1-4H3,(H,24,25). The molecule has 1 amide bonds. The van der Waals surface area contributed by atoms with Crippen molar-refractivity contribution >= 4 is 11.6 Å². The molecule has 4 heteroatoms. The number of benzene rings is 2. The Morgan fingerprint density at radius 1 is 1.07 bits per heavy atom. The van der Waals surface area contributed by atoms with Crippen molar-refractivity contribution in [3.05, 3.63) is 59.2 Å².